The van der Waals surface area contributed by atoms with Crippen LogP contribution in [-0.4, -0.2) is 23.6 Å². The van der Waals surface area contributed by atoms with Gasteiger partial charge in [0, 0.05) is 36.4 Å². The van der Waals surface area contributed by atoms with Gasteiger partial charge in [0.15, 0.2) is 5.96 Å². The molecule has 0 aliphatic heterocycles. The number of aromatic nitrogens is 1. The van der Waals surface area contributed by atoms with Crippen molar-refractivity contribution in [3.63, 3.8) is 0 Å². The minimum Gasteiger partial charge on any atom is -0.357 e. The Balaban J connectivity index is 1.79. The van der Waals surface area contributed by atoms with Gasteiger partial charge < -0.3 is 15.2 Å². The lowest BCUT2D eigenvalue weighted by Gasteiger charge is -2.12. The molecule has 1 aromatic heterocycles. The molecule has 0 spiro atoms. The largest absolute Gasteiger partial charge is 0.357 e. The SMILES string of the molecule is CCNC(=NCc1cccc(Cl)c1)NCCCCn1c(C)cccc1=O. The molecule has 0 bridgehead atoms. The van der Waals surface area contributed by atoms with Crippen LogP contribution >= 0.6 is 11.6 Å². The van der Waals surface area contributed by atoms with Crippen LogP contribution in [0.15, 0.2) is 52.3 Å². The fourth-order valence-corrected chi connectivity index (χ4v) is 2.87. The molecule has 1 heterocycles. The molecule has 0 fully saturated rings. The van der Waals surface area contributed by atoms with E-state index in [1.807, 2.05) is 48.7 Å². The summed E-state index contributed by atoms with van der Waals surface area (Å²) in [5.41, 5.74) is 2.14. The number of halogens is 1. The molecule has 2 N–H and O–H groups in total. The maximum Gasteiger partial charge on any atom is 0.250 e. The topological polar surface area (TPSA) is 58.4 Å². The zero-order valence-electron chi connectivity index (χ0n) is 15.5. The molecule has 0 aliphatic carbocycles. The van der Waals surface area contributed by atoms with Crippen molar-refractivity contribution in [1.82, 2.24) is 15.2 Å². The zero-order chi connectivity index (χ0) is 18.8. The predicted molar refractivity (Wildman–Crippen MR) is 109 cm³/mol. The van der Waals surface area contributed by atoms with E-state index in [0.717, 1.165) is 54.7 Å². The van der Waals surface area contributed by atoms with Crippen molar-refractivity contribution < 1.29 is 0 Å². The van der Waals surface area contributed by atoms with Gasteiger partial charge in [0.25, 0.3) is 5.56 Å². The maximum atomic E-state index is 11.8. The Morgan fingerprint density at radius 2 is 1.96 bits per heavy atom. The standard InChI is InChI=1S/C20H27ClN4O/c1-3-22-20(24-15-17-9-7-10-18(21)14-17)23-12-4-5-13-25-16(2)8-6-11-19(25)26/h6-11,14H,3-5,12-13,15H2,1-2H3,(H2,22,23,24). The summed E-state index contributed by atoms with van der Waals surface area (Å²) in [6, 6.07) is 13.1. The normalized spacial score (nSPS) is 11.4. The number of unbranched alkanes of at least 4 members (excludes halogenated alkanes) is 1. The van der Waals surface area contributed by atoms with Crippen molar-refractivity contribution in [2.45, 2.75) is 39.8 Å². The van der Waals surface area contributed by atoms with Crippen LogP contribution < -0.4 is 16.2 Å². The Morgan fingerprint density at radius 3 is 2.69 bits per heavy atom. The molecule has 2 aromatic rings. The quantitative estimate of drug-likeness (QED) is 0.423. The lowest BCUT2D eigenvalue weighted by atomic mass is 10.2. The number of hydrogen-bond acceptors (Lipinski definition) is 2. The third-order valence-corrected chi connectivity index (χ3v) is 4.26. The Hall–Kier alpha value is -2.27. The first-order valence-corrected chi connectivity index (χ1v) is 9.41. The number of guanidine groups is 1. The van der Waals surface area contributed by atoms with Crippen molar-refractivity contribution in [3.05, 3.63) is 69.1 Å². The first-order valence-electron chi connectivity index (χ1n) is 9.03. The van der Waals surface area contributed by atoms with E-state index in [1.54, 1.807) is 12.1 Å². The highest BCUT2D eigenvalue weighted by Gasteiger charge is 2.01. The highest BCUT2D eigenvalue weighted by molar-refractivity contribution is 6.30. The average Bonchev–Trinajstić information content (AvgIpc) is 2.61. The van der Waals surface area contributed by atoms with Crippen LogP contribution in [-0.2, 0) is 13.1 Å². The lowest BCUT2D eigenvalue weighted by molar-refractivity contribution is 0.575. The van der Waals surface area contributed by atoms with Gasteiger partial charge in [-0.25, -0.2) is 4.99 Å². The van der Waals surface area contributed by atoms with Crippen LogP contribution in [0.4, 0.5) is 0 Å². The first-order chi connectivity index (χ1) is 12.6. The summed E-state index contributed by atoms with van der Waals surface area (Å²) in [6.45, 7) is 6.94. The number of benzene rings is 1. The van der Waals surface area contributed by atoms with Crippen LogP contribution in [0.2, 0.25) is 5.02 Å². The molecular weight excluding hydrogens is 348 g/mol. The first kappa shape index (κ1) is 20.0. The van der Waals surface area contributed by atoms with Gasteiger partial charge in [-0.05, 0) is 50.5 Å². The number of pyridine rings is 1. The lowest BCUT2D eigenvalue weighted by Crippen LogP contribution is -2.37. The molecule has 2 rings (SSSR count). The fourth-order valence-electron chi connectivity index (χ4n) is 2.66. The molecule has 0 amide bonds. The highest BCUT2D eigenvalue weighted by Crippen LogP contribution is 2.11. The average molecular weight is 375 g/mol. The molecule has 1 aromatic carbocycles. The molecule has 0 saturated heterocycles. The van der Waals surface area contributed by atoms with Gasteiger partial charge in [-0.3, -0.25) is 4.79 Å². The highest BCUT2D eigenvalue weighted by atomic mass is 35.5. The molecule has 26 heavy (non-hydrogen) atoms. The second-order valence-corrected chi connectivity index (χ2v) is 6.55. The number of aliphatic imine (C=N–C) groups is 1. The van der Waals surface area contributed by atoms with E-state index in [-0.39, 0.29) is 5.56 Å². The molecule has 140 valence electrons. The fraction of sp³-hybridized carbons (Fsp3) is 0.400. The van der Waals surface area contributed by atoms with E-state index in [2.05, 4.69) is 15.6 Å². The van der Waals surface area contributed by atoms with E-state index in [1.165, 1.54) is 0 Å². The summed E-state index contributed by atoms with van der Waals surface area (Å²) in [6.07, 6.45) is 1.90. The number of nitrogens with one attached hydrogen (secondary N) is 2. The smallest absolute Gasteiger partial charge is 0.250 e. The zero-order valence-corrected chi connectivity index (χ0v) is 16.2. The van der Waals surface area contributed by atoms with Crippen molar-refractivity contribution in [2.24, 2.45) is 4.99 Å². The van der Waals surface area contributed by atoms with E-state index in [9.17, 15) is 4.79 Å². The van der Waals surface area contributed by atoms with Gasteiger partial charge in [0.1, 0.15) is 0 Å². The summed E-state index contributed by atoms with van der Waals surface area (Å²) in [5.74, 6) is 0.792. The van der Waals surface area contributed by atoms with Gasteiger partial charge in [-0.15, -0.1) is 0 Å². The maximum absolute atomic E-state index is 11.8. The second-order valence-electron chi connectivity index (χ2n) is 6.12. The molecule has 5 nitrogen and oxygen atoms in total. The number of hydrogen-bond donors (Lipinski definition) is 2. The predicted octanol–water partition coefficient (Wildman–Crippen LogP) is 3.35. The van der Waals surface area contributed by atoms with Crippen molar-refractivity contribution in [1.29, 1.82) is 0 Å². The Morgan fingerprint density at radius 1 is 1.15 bits per heavy atom. The second kappa shape index (κ2) is 10.7. The summed E-state index contributed by atoms with van der Waals surface area (Å²) in [7, 11) is 0. The van der Waals surface area contributed by atoms with Gasteiger partial charge in [-0.1, -0.05) is 29.8 Å². The molecule has 0 aliphatic rings. The molecule has 6 heteroatoms. The van der Waals surface area contributed by atoms with Crippen molar-refractivity contribution in [2.75, 3.05) is 13.1 Å². The van der Waals surface area contributed by atoms with Gasteiger partial charge in [0.05, 0.1) is 6.54 Å². The summed E-state index contributed by atoms with van der Waals surface area (Å²) in [5, 5.41) is 7.31. The van der Waals surface area contributed by atoms with Crippen LogP contribution in [0.1, 0.15) is 31.0 Å². The van der Waals surface area contributed by atoms with E-state index in [0.29, 0.717) is 6.54 Å². The monoisotopic (exact) mass is 374 g/mol. The van der Waals surface area contributed by atoms with Crippen LogP contribution in [0.5, 0.6) is 0 Å². The summed E-state index contributed by atoms with van der Waals surface area (Å²) < 4.78 is 1.82. The van der Waals surface area contributed by atoms with Crippen LogP contribution in [0.25, 0.3) is 0 Å². The van der Waals surface area contributed by atoms with Gasteiger partial charge in [0.2, 0.25) is 0 Å². The third kappa shape index (κ3) is 6.56. The number of nitrogens with zero attached hydrogens (tertiary/aromatic N) is 2. The minimum atomic E-state index is 0.0642. The Bertz CT molecular complexity index is 785. The number of rotatable bonds is 8. The molecular formula is C20H27ClN4O. The van der Waals surface area contributed by atoms with Gasteiger partial charge in [-0.2, -0.15) is 0 Å². The Labute approximate surface area is 160 Å². The van der Waals surface area contributed by atoms with Crippen molar-refractivity contribution in [3.8, 4) is 0 Å². The molecule has 0 atom stereocenters. The van der Waals surface area contributed by atoms with E-state index in [4.69, 9.17) is 11.6 Å². The van der Waals surface area contributed by atoms with E-state index >= 15 is 0 Å². The van der Waals surface area contributed by atoms with Crippen molar-refractivity contribution >= 4 is 17.6 Å². The molecule has 0 radical (unpaired) electrons. The van der Waals surface area contributed by atoms with Gasteiger partial charge >= 0.3 is 0 Å². The van der Waals surface area contributed by atoms with E-state index < -0.39 is 0 Å². The third-order valence-electron chi connectivity index (χ3n) is 4.02. The summed E-state index contributed by atoms with van der Waals surface area (Å²) in [4.78, 5) is 16.4. The van der Waals surface area contributed by atoms with Crippen LogP contribution in [0.3, 0.4) is 0 Å². The molecule has 0 unspecified atom stereocenters. The summed E-state index contributed by atoms with van der Waals surface area (Å²) >= 11 is 6.01. The number of aryl methyl sites for hydroxylation is 1. The van der Waals surface area contributed by atoms with Crippen LogP contribution in [0, 0.1) is 6.92 Å². The minimum absolute atomic E-state index is 0.0642. The Kier molecular flexibility index (Phi) is 8.22. The molecule has 0 saturated carbocycles.